The molecule has 0 bridgehead atoms. The maximum atomic E-state index is 13.2. The van der Waals surface area contributed by atoms with Crippen LogP contribution in [0.1, 0.15) is 35.7 Å². The van der Waals surface area contributed by atoms with Crippen LogP contribution in [0.25, 0.3) is 10.8 Å². The number of rotatable bonds is 8. The van der Waals surface area contributed by atoms with Crippen molar-refractivity contribution in [1.82, 2.24) is 10.2 Å². The van der Waals surface area contributed by atoms with E-state index in [1.165, 1.54) is 11.9 Å². The summed E-state index contributed by atoms with van der Waals surface area (Å²) >= 11 is 12.1. The molecule has 1 N–H and O–H groups in total. The van der Waals surface area contributed by atoms with Crippen molar-refractivity contribution >= 4 is 57.4 Å². The molecule has 8 heteroatoms. The first kappa shape index (κ1) is 24.0. The molecule has 1 aliphatic rings. The number of carbonyl (C=O) groups is 3. The largest absolute Gasteiger partial charge is 0.357 e. The molecule has 0 radical (unpaired) electrons. The lowest BCUT2D eigenvalue weighted by atomic mass is 10.1. The lowest BCUT2D eigenvalue weighted by Crippen LogP contribution is -2.46. The molecule has 6 nitrogen and oxygen atoms in total. The minimum atomic E-state index is -0.668. The van der Waals surface area contributed by atoms with Crippen molar-refractivity contribution in [3.63, 3.8) is 0 Å². The van der Waals surface area contributed by atoms with Gasteiger partial charge < -0.3 is 15.1 Å². The summed E-state index contributed by atoms with van der Waals surface area (Å²) in [5.41, 5.74) is 2.33. The quantitative estimate of drug-likeness (QED) is 0.473. The van der Waals surface area contributed by atoms with Crippen molar-refractivity contribution in [2.24, 2.45) is 0 Å². The molecular formula is C26H25Cl2N3O3. The van der Waals surface area contributed by atoms with Crippen LogP contribution in [0, 0.1) is 0 Å². The molecule has 3 amide bonds. The van der Waals surface area contributed by atoms with Crippen LogP contribution >= 0.6 is 23.2 Å². The van der Waals surface area contributed by atoms with Gasteiger partial charge in [0.15, 0.2) is 0 Å². The van der Waals surface area contributed by atoms with E-state index in [1.54, 1.807) is 30.0 Å². The number of benzene rings is 3. The van der Waals surface area contributed by atoms with Crippen molar-refractivity contribution in [1.29, 1.82) is 0 Å². The minimum Gasteiger partial charge on any atom is -0.357 e. The molecule has 1 atom stereocenters. The van der Waals surface area contributed by atoms with Gasteiger partial charge in [0, 0.05) is 37.5 Å². The molecule has 1 aliphatic heterocycles. The Balaban J connectivity index is 1.47. The van der Waals surface area contributed by atoms with E-state index in [0.29, 0.717) is 28.6 Å². The highest BCUT2D eigenvalue weighted by Gasteiger charge is 2.30. The van der Waals surface area contributed by atoms with Crippen molar-refractivity contribution < 1.29 is 14.4 Å². The maximum absolute atomic E-state index is 13.2. The van der Waals surface area contributed by atoms with Gasteiger partial charge in [-0.25, -0.2) is 0 Å². The lowest BCUT2D eigenvalue weighted by Gasteiger charge is -2.29. The number of anilines is 1. The summed E-state index contributed by atoms with van der Waals surface area (Å²) < 4.78 is 0. The highest BCUT2D eigenvalue weighted by Crippen LogP contribution is 2.37. The van der Waals surface area contributed by atoms with Crippen LogP contribution in [0.4, 0.5) is 5.69 Å². The zero-order chi connectivity index (χ0) is 24.4. The third kappa shape index (κ3) is 4.61. The van der Waals surface area contributed by atoms with Gasteiger partial charge in [0.05, 0.1) is 15.7 Å². The van der Waals surface area contributed by atoms with Crippen LogP contribution in [0.3, 0.4) is 0 Å². The number of nitrogens with one attached hydrogen (secondary N) is 1. The molecule has 0 fully saturated rings. The van der Waals surface area contributed by atoms with E-state index in [1.807, 2.05) is 36.4 Å². The first-order valence-corrected chi connectivity index (χ1v) is 11.9. The average Bonchev–Trinajstić information content (AvgIpc) is 3.11. The van der Waals surface area contributed by atoms with Gasteiger partial charge in [0.25, 0.3) is 5.91 Å². The summed E-state index contributed by atoms with van der Waals surface area (Å²) in [6, 6.07) is 16.0. The van der Waals surface area contributed by atoms with Gasteiger partial charge in [-0.05, 0) is 48.6 Å². The maximum Gasteiger partial charge on any atom is 0.258 e. The third-order valence-corrected chi connectivity index (χ3v) is 6.91. The molecule has 176 valence electrons. The minimum absolute atomic E-state index is 0.0503. The fraction of sp³-hybridized carbons (Fsp3) is 0.269. The molecule has 34 heavy (non-hydrogen) atoms. The number of likely N-dealkylation sites (N-methyl/N-ethyl adjacent to an activating group) is 1. The molecule has 0 saturated heterocycles. The molecule has 0 aliphatic carbocycles. The molecular weight excluding hydrogens is 473 g/mol. The van der Waals surface area contributed by atoms with Crippen LogP contribution in [-0.4, -0.2) is 42.3 Å². The van der Waals surface area contributed by atoms with Crippen molar-refractivity contribution in [3.05, 3.63) is 75.8 Å². The highest BCUT2D eigenvalue weighted by molar-refractivity contribution is 6.42. The number of hydrogen-bond acceptors (Lipinski definition) is 3. The Bertz CT molecular complexity index is 1270. The second-order valence-electron chi connectivity index (χ2n) is 8.30. The van der Waals surface area contributed by atoms with Gasteiger partial charge in [0.2, 0.25) is 11.8 Å². The number of halogens is 2. The molecule has 4 rings (SSSR count). The normalized spacial score (nSPS) is 13.3. The average molecular weight is 498 g/mol. The number of carbonyl (C=O) groups excluding carboxylic acids is 3. The lowest BCUT2D eigenvalue weighted by molar-refractivity contribution is -0.140. The Labute approximate surface area is 208 Å². The smallest absolute Gasteiger partial charge is 0.258 e. The number of amides is 3. The SMILES string of the molecule is CNC(=O)C(C)N(Cc1ccc(Cl)c(Cl)c1)C(=O)CCCN1C(=O)c2cccc3cccc1c23. The van der Waals surface area contributed by atoms with Crippen molar-refractivity contribution in [3.8, 4) is 0 Å². The molecule has 3 aromatic rings. The van der Waals surface area contributed by atoms with Crippen LogP contribution in [0.15, 0.2) is 54.6 Å². The summed E-state index contributed by atoms with van der Waals surface area (Å²) in [7, 11) is 1.54. The van der Waals surface area contributed by atoms with E-state index in [9.17, 15) is 14.4 Å². The standard InChI is InChI=1S/C26H25Cl2N3O3/c1-16(25(33)29-2)31(15-17-11-12-20(27)21(28)14-17)23(32)10-5-13-30-22-9-4-7-18-6-3-8-19(24(18)22)26(30)34/h3-4,6-9,11-12,14,16H,5,10,13,15H2,1-2H3,(H,29,33). The van der Waals surface area contributed by atoms with Crippen LogP contribution in [0.5, 0.6) is 0 Å². The van der Waals surface area contributed by atoms with Gasteiger partial charge in [-0.15, -0.1) is 0 Å². The first-order valence-electron chi connectivity index (χ1n) is 11.1. The first-order chi connectivity index (χ1) is 16.3. The molecule has 3 aromatic carbocycles. The predicted octanol–water partition coefficient (Wildman–Crippen LogP) is 5.05. The Hall–Kier alpha value is -3.09. The summed E-state index contributed by atoms with van der Waals surface area (Å²) in [6.45, 7) is 2.32. The molecule has 1 unspecified atom stereocenters. The fourth-order valence-electron chi connectivity index (χ4n) is 4.36. The summed E-state index contributed by atoms with van der Waals surface area (Å²) in [5, 5.41) is 5.39. The van der Waals surface area contributed by atoms with Crippen LogP contribution in [0.2, 0.25) is 10.0 Å². The van der Waals surface area contributed by atoms with Gasteiger partial charge in [-0.3, -0.25) is 14.4 Å². The van der Waals surface area contributed by atoms with E-state index < -0.39 is 6.04 Å². The van der Waals surface area contributed by atoms with E-state index in [-0.39, 0.29) is 30.7 Å². The van der Waals surface area contributed by atoms with E-state index >= 15 is 0 Å². The molecule has 0 aromatic heterocycles. The Morgan fingerprint density at radius 3 is 2.50 bits per heavy atom. The summed E-state index contributed by atoms with van der Waals surface area (Å²) in [6.07, 6.45) is 0.659. The topological polar surface area (TPSA) is 69.7 Å². The third-order valence-electron chi connectivity index (χ3n) is 6.17. The zero-order valence-electron chi connectivity index (χ0n) is 19.0. The predicted molar refractivity (Wildman–Crippen MR) is 135 cm³/mol. The summed E-state index contributed by atoms with van der Waals surface area (Å²) in [5.74, 6) is -0.486. The second-order valence-corrected chi connectivity index (χ2v) is 9.12. The Morgan fingerprint density at radius 1 is 1.06 bits per heavy atom. The van der Waals surface area contributed by atoms with Crippen molar-refractivity contribution in [2.75, 3.05) is 18.5 Å². The second kappa shape index (κ2) is 10.0. The summed E-state index contributed by atoms with van der Waals surface area (Å²) in [4.78, 5) is 41.8. The fourth-order valence-corrected chi connectivity index (χ4v) is 4.68. The zero-order valence-corrected chi connectivity index (χ0v) is 20.5. The highest BCUT2D eigenvalue weighted by atomic mass is 35.5. The van der Waals surface area contributed by atoms with Gasteiger partial charge in [0.1, 0.15) is 6.04 Å². The van der Waals surface area contributed by atoms with Crippen molar-refractivity contribution in [2.45, 2.75) is 32.4 Å². The monoisotopic (exact) mass is 497 g/mol. The van der Waals surface area contributed by atoms with E-state index in [4.69, 9.17) is 23.2 Å². The molecule has 0 spiro atoms. The number of nitrogens with zero attached hydrogens (tertiary/aromatic N) is 2. The molecule has 1 heterocycles. The van der Waals surface area contributed by atoms with Gasteiger partial charge in [-0.2, -0.15) is 0 Å². The van der Waals surface area contributed by atoms with E-state index in [2.05, 4.69) is 5.32 Å². The Morgan fingerprint density at radius 2 is 1.79 bits per heavy atom. The van der Waals surface area contributed by atoms with Crippen LogP contribution < -0.4 is 10.2 Å². The molecule has 0 saturated carbocycles. The Kier molecular flexibility index (Phi) is 7.10. The van der Waals surface area contributed by atoms with Gasteiger partial charge in [-0.1, -0.05) is 53.5 Å². The number of hydrogen-bond donors (Lipinski definition) is 1. The van der Waals surface area contributed by atoms with Gasteiger partial charge >= 0.3 is 0 Å². The van der Waals surface area contributed by atoms with E-state index in [0.717, 1.165) is 22.0 Å². The van der Waals surface area contributed by atoms with Crippen LogP contribution in [-0.2, 0) is 16.1 Å².